The Kier molecular flexibility index (Phi) is 10.5. The van der Waals surface area contributed by atoms with Gasteiger partial charge in [0.1, 0.15) is 16.4 Å². The van der Waals surface area contributed by atoms with Gasteiger partial charge >= 0.3 is 6.03 Å². The quantitative estimate of drug-likeness (QED) is 0.311. The predicted octanol–water partition coefficient (Wildman–Crippen LogP) is 2.95. The summed E-state index contributed by atoms with van der Waals surface area (Å²) in [5, 5.41) is 3.04. The van der Waals surface area contributed by atoms with Crippen LogP contribution in [0.3, 0.4) is 0 Å². The number of hydrogen-bond donors (Lipinski definition) is 1. The van der Waals surface area contributed by atoms with Crippen molar-refractivity contribution in [1.82, 2.24) is 25.0 Å². The van der Waals surface area contributed by atoms with Crippen LogP contribution in [0.15, 0.2) is 64.6 Å². The molecule has 0 radical (unpaired) electrons. The van der Waals surface area contributed by atoms with Crippen LogP contribution in [0.2, 0.25) is 0 Å². The summed E-state index contributed by atoms with van der Waals surface area (Å²) in [6, 6.07) is 12.3. The summed E-state index contributed by atoms with van der Waals surface area (Å²) in [7, 11) is 1.89. The van der Waals surface area contributed by atoms with Crippen LogP contribution >= 0.6 is 0 Å². The van der Waals surface area contributed by atoms with Crippen LogP contribution in [0.25, 0.3) is 0 Å². The van der Waals surface area contributed by atoms with Gasteiger partial charge in [0.15, 0.2) is 5.54 Å². The highest BCUT2D eigenvalue weighted by Gasteiger charge is 2.59. The largest absolute Gasteiger partial charge is 0.497 e. The fourth-order valence-corrected chi connectivity index (χ4v) is 8.84. The molecule has 4 heterocycles. The van der Waals surface area contributed by atoms with E-state index >= 15 is 4.79 Å². The van der Waals surface area contributed by atoms with Crippen molar-refractivity contribution >= 4 is 33.9 Å². The van der Waals surface area contributed by atoms with Crippen LogP contribution in [0, 0.1) is 0 Å². The predicted molar refractivity (Wildman–Crippen MR) is 193 cm³/mol. The summed E-state index contributed by atoms with van der Waals surface area (Å²) in [6.07, 6.45) is 5.26. The van der Waals surface area contributed by atoms with Crippen molar-refractivity contribution in [3.05, 3.63) is 71.4 Å². The molecule has 0 unspecified atom stereocenters. The minimum Gasteiger partial charge on any atom is -0.497 e. The number of amides is 3. The third-order valence-corrected chi connectivity index (χ3v) is 11.6. The Morgan fingerprint density at radius 2 is 1.76 bits per heavy atom. The number of piperazine rings is 1. The first-order valence-electron chi connectivity index (χ1n) is 17.1. The molecule has 6 rings (SSSR count). The van der Waals surface area contributed by atoms with Crippen LogP contribution in [-0.4, -0.2) is 126 Å². The zero-order valence-electron chi connectivity index (χ0n) is 29.7. The second-order valence-corrected chi connectivity index (χ2v) is 14.5. The average Bonchev–Trinajstić information content (AvgIpc) is 3.39. The number of rotatable bonds is 10. The normalized spacial score (nSPS) is 20.5. The number of aromatic nitrogens is 1. The van der Waals surface area contributed by atoms with Crippen LogP contribution in [-0.2, 0) is 20.4 Å². The van der Waals surface area contributed by atoms with E-state index in [0.717, 1.165) is 30.2 Å². The number of nitrogens with one attached hydrogen (secondary N) is 1. The smallest absolute Gasteiger partial charge is 0.318 e. The maximum atomic E-state index is 15.3. The van der Waals surface area contributed by atoms with E-state index in [-0.39, 0.29) is 39.9 Å². The van der Waals surface area contributed by atoms with Crippen molar-refractivity contribution in [2.75, 3.05) is 78.5 Å². The first-order valence-corrected chi connectivity index (χ1v) is 18.5. The number of anilines is 1. The number of urea groups is 1. The molecule has 1 atom stereocenters. The molecule has 15 heteroatoms. The summed E-state index contributed by atoms with van der Waals surface area (Å²) in [5.41, 5.74) is -0.974. The SMILES string of the molecule is CCOc1ncccc1[C@]1(NC(=O)N2CCN(C3CCN(C)CC3)CC2)C(=O)N(S(=O)(=O)c2ccc(OC)cc2OC)c2ccc(C=NC)cc21. The van der Waals surface area contributed by atoms with Gasteiger partial charge in [-0.25, -0.2) is 18.2 Å². The number of carbonyl (C=O) groups excluding carboxylic acids is 2. The van der Waals surface area contributed by atoms with E-state index in [1.54, 1.807) is 55.4 Å². The number of benzene rings is 2. The number of piperidine rings is 1. The lowest BCUT2D eigenvalue weighted by molar-refractivity contribution is -0.121. The average molecular weight is 720 g/mol. The van der Waals surface area contributed by atoms with E-state index in [1.807, 2.05) is 0 Å². The van der Waals surface area contributed by atoms with Crippen molar-refractivity contribution in [1.29, 1.82) is 0 Å². The molecular weight excluding hydrogens is 675 g/mol. The van der Waals surface area contributed by atoms with Crippen molar-refractivity contribution in [3.8, 4) is 17.4 Å². The molecule has 3 amide bonds. The second-order valence-electron chi connectivity index (χ2n) is 12.8. The van der Waals surface area contributed by atoms with Crippen LogP contribution < -0.4 is 23.8 Å². The zero-order chi connectivity index (χ0) is 36.3. The molecule has 2 saturated heterocycles. The fourth-order valence-electron chi connectivity index (χ4n) is 7.23. The Morgan fingerprint density at radius 3 is 2.43 bits per heavy atom. The lowest BCUT2D eigenvalue weighted by Crippen LogP contribution is -2.61. The van der Waals surface area contributed by atoms with Crippen molar-refractivity contribution < 1.29 is 32.2 Å². The van der Waals surface area contributed by atoms with Crippen LogP contribution in [0.5, 0.6) is 17.4 Å². The van der Waals surface area contributed by atoms with Gasteiger partial charge in [-0.05, 0) is 81.9 Å². The number of pyridine rings is 1. The summed E-state index contributed by atoms with van der Waals surface area (Å²) < 4.78 is 46.8. The first kappa shape index (κ1) is 36.1. The molecule has 3 aromatic rings. The molecule has 3 aliphatic heterocycles. The monoisotopic (exact) mass is 719 g/mol. The van der Waals surface area contributed by atoms with Gasteiger partial charge < -0.3 is 29.3 Å². The van der Waals surface area contributed by atoms with Gasteiger partial charge in [0, 0.05) is 63.3 Å². The summed E-state index contributed by atoms with van der Waals surface area (Å²) >= 11 is 0. The number of aliphatic imine (C=N–C) groups is 1. The Balaban J connectivity index is 1.46. The van der Waals surface area contributed by atoms with Crippen LogP contribution in [0.1, 0.15) is 36.5 Å². The molecule has 14 nitrogen and oxygen atoms in total. The molecule has 0 aliphatic carbocycles. The van der Waals surface area contributed by atoms with E-state index in [2.05, 4.69) is 32.1 Å². The standard InChI is InChI=1S/C36H45N7O7S/c1-6-50-33-28(8-7-15-38-33)36(39-35(45)42-20-18-41(19-21-42)26-13-16-40(3)17-14-26)29-22-25(24-37-2)9-11-30(29)43(34(36)44)51(46,47)32-12-10-27(48-4)23-31(32)49-5/h7-12,15,22-24,26H,6,13-14,16-21H2,1-5H3,(H,39,45)/t36-/m1/s1. The Bertz CT molecular complexity index is 1910. The van der Waals surface area contributed by atoms with E-state index in [1.165, 1.54) is 38.6 Å². The number of carbonyl (C=O) groups is 2. The number of sulfonamides is 1. The number of nitrogens with zero attached hydrogens (tertiary/aromatic N) is 6. The highest BCUT2D eigenvalue weighted by Crippen LogP contribution is 2.50. The van der Waals surface area contributed by atoms with Gasteiger partial charge in [-0.2, -0.15) is 4.31 Å². The first-order chi connectivity index (χ1) is 24.6. The minimum absolute atomic E-state index is 0.0150. The molecule has 1 aromatic heterocycles. The maximum Gasteiger partial charge on any atom is 0.318 e. The van der Waals surface area contributed by atoms with E-state index in [4.69, 9.17) is 14.2 Å². The Labute approximate surface area is 299 Å². The topological polar surface area (TPSA) is 146 Å². The molecule has 3 aliphatic rings. The van der Waals surface area contributed by atoms with Gasteiger partial charge in [-0.3, -0.25) is 14.7 Å². The lowest BCUT2D eigenvalue weighted by atomic mass is 9.83. The second kappa shape index (κ2) is 14.9. The molecule has 1 N–H and O–H groups in total. The lowest BCUT2D eigenvalue weighted by Gasteiger charge is -2.43. The van der Waals surface area contributed by atoms with Gasteiger partial charge in [-0.1, -0.05) is 6.07 Å². The summed E-state index contributed by atoms with van der Waals surface area (Å²) in [5.74, 6) is -0.480. The highest BCUT2D eigenvalue weighted by molar-refractivity contribution is 7.93. The number of methoxy groups -OCH3 is 2. The summed E-state index contributed by atoms with van der Waals surface area (Å²) in [6.45, 7) is 6.31. The molecule has 0 spiro atoms. The maximum absolute atomic E-state index is 15.3. The highest BCUT2D eigenvalue weighted by atomic mass is 32.2. The summed E-state index contributed by atoms with van der Waals surface area (Å²) in [4.78, 5) is 44.5. The minimum atomic E-state index is -4.65. The van der Waals surface area contributed by atoms with Gasteiger partial charge in [0.25, 0.3) is 15.9 Å². The number of ether oxygens (including phenoxy) is 3. The number of likely N-dealkylation sites (tertiary alicyclic amines) is 1. The molecule has 0 bridgehead atoms. The van der Waals surface area contributed by atoms with E-state index < -0.39 is 27.5 Å². The zero-order valence-corrected chi connectivity index (χ0v) is 30.5. The number of fused-ring (bicyclic) bond motifs is 1. The third kappa shape index (κ3) is 6.61. The van der Waals surface area contributed by atoms with Gasteiger partial charge in [0.05, 0.1) is 32.1 Å². The molecule has 2 fully saturated rings. The van der Waals surface area contributed by atoms with Crippen molar-refractivity contribution in [2.24, 2.45) is 4.99 Å². The molecule has 51 heavy (non-hydrogen) atoms. The Hall–Kier alpha value is -4.73. The van der Waals surface area contributed by atoms with E-state index in [9.17, 15) is 13.2 Å². The number of hydrogen-bond acceptors (Lipinski definition) is 11. The van der Waals surface area contributed by atoms with Crippen molar-refractivity contribution in [3.63, 3.8) is 0 Å². The molecule has 272 valence electrons. The molecule has 0 saturated carbocycles. The molecule has 2 aromatic carbocycles. The van der Waals surface area contributed by atoms with Gasteiger partial charge in [-0.15, -0.1) is 0 Å². The van der Waals surface area contributed by atoms with Crippen molar-refractivity contribution in [2.45, 2.75) is 36.2 Å². The Morgan fingerprint density at radius 1 is 1.02 bits per heavy atom. The fraction of sp³-hybridized carbons (Fsp3) is 0.444. The van der Waals surface area contributed by atoms with E-state index in [0.29, 0.717) is 43.5 Å². The third-order valence-electron chi connectivity index (χ3n) is 9.87. The van der Waals surface area contributed by atoms with Crippen LogP contribution in [0.4, 0.5) is 10.5 Å². The van der Waals surface area contributed by atoms with Gasteiger partial charge in [0.2, 0.25) is 5.88 Å². The molecular formula is C36H45N7O7S.